The van der Waals surface area contributed by atoms with E-state index < -0.39 is 10.0 Å². The summed E-state index contributed by atoms with van der Waals surface area (Å²) in [5.41, 5.74) is 0.565. The van der Waals surface area contributed by atoms with Crippen LogP contribution in [0.15, 0.2) is 9.31 Å². The van der Waals surface area contributed by atoms with Crippen molar-refractivity contribution in [3.05, 3.63) is 17.1 Å². The van der Waals surface area contributed by atoms with Crippen LogP contribution in [-0.2, 0) is 15.9 Å². The molecule has 0 spiro atoms. The molecular weight excluding hydrogens is 286 g/mol. The number of halogens is 1. The molecule has 0 saturated heterocycles. The Morgan fingerprint density at radius 2 is 1.89 bits per heavy atom. The molecule has 0 bridgehead atoms. The second-order valence-electron chi connectivity index (χ2n) is 4.81. The van der Waals surface area contributed by atoms with Crippen LogP contribution in [0.2, 0.25) is 0 Å². The highest BCUT2D eigenvalue weighted by Gasteiger charge is 2.32. The van der Waals surface area contributed by atoms with Crippen molar-refractivity contribution < 1.29 is 12.8 Å². The number of furan rings is 1. The molecule has 4 nitrogen and oxygen atoms in total. The summed E-state index contributed by atoms with van der Waals surface area (Å²) in [6.07, 6.45) is 1.76. The predicted octanol–water partition coefficient (Wildman–Crippen LogP) is 3.44. The molecule has 0 aliphatic heterocycles. The van der Waals surface area contributed by atoms with Crippen LogP contribution in [0.3, 0.4) is 0 Å². The van der Waals surface area contributed by atoms with E-state index in [4.69, 9.17) is 16.0 Å². The first-order valence-electron chi connectivity index (χ1n) is 6.40. The number of hydrogen-bond acceptors (Lipinski definition) is 3. The molecule has 0 fully saturated rings. The van der Waals surface area contributed by atoms with E-state index >= 15 is 0 Å². The molecule has 0 N–H and O–H groups in total. The molecule has 1 unspecified atom stereocenters. The zero-order valence-corrected chi connectivity index (χ0v) is 13.7. The lowest BCUT2D eigenvalue weighted by Gasteiger charge is -2.24. The fraction of sp³-hybridized carbons (Fsp3) is 0.692. The topological polar surface area (TPSA) is 50.5 Å². The van der Waals surface area contributed by atoms with Gasteiger partial charge in [-0.2, -0.15) is 4.31 Å². The van der Waals surface area contributed by atoms with Gasteiger partial charge in [0.1, 0.15) is 16.4 Å². The van der Waals surface area contributed by atoms with Crippen molar-refractivity contribution in [2.75, 3.05) is 7.05 Å². The number of sulfonamides is 1. The van der Waals surface area contributed by atoms with Crippen LogP contribution in [-0.4, -0.2) is 25.8 Å². The first-order chi connectivity index (χ1) is 8.77. The zero-order chi connectivity index (χ0) is 14.8. The van der Waals surface area contributed by atoms with Gasteiger partial charge in [-0.25, -0.2) is 8.42 Å². The van der Waals surface area contributed by atoms with Gasteiger partial charge in [-0.1, -0.05) is 13.3 Å². The molecule has 0 amide bonds. The van der Waals surface area contributed by atoms with Crippen molar-refractivity contribution in [2.24, 2.45) is 0 Å². The number of hydrogen-bond donors (Lipinski definition) is 0. The van der Waals surface area contributed by atoms with Gasteiger partial charge in [0.25, 0.3) is 0 Å². The van der Waals surface area contributed by atoms with Crippen LogP contribution in [0.4, 0.5) is 0 Å². The lowest BCUT2D eigenvalue weighted by atomic mass is 10.2. The van der Waals surface area contributed by atoms with E-state index in [1.54, 1.807) is 20.9 Å². The van der Waals surface area contributed by atoms with Gasteiger partial charge in [0.15, 0.2) is 0 Å². The van der Waals surface area contributed by atoms with Crippen molar-refractivity contribution in [3.63, 3.8) is 0 Å². The average Bonchev–Trinajstić information content (AvgIpc) is 2.63. The maximum atomic E-state index is 12.7. The molecule has 1 rings (SSSR count). The quantitative estimate of drug-likeness (QED) is 0.756. The molecule has 1 heterocycles. The van der Waals surface area contributed by atoms with Crippen molar-refractivity contribution in [3.8, 4) is 0 Å². The summed E-state index contributed by atoms with van der Waals surface area (Å²) in [7, 11) is -1.95. The summed E-state index contributed by atoms with van der Waals surface area (Å²) in [4.78, 5) is 0.227. The summed E-state index contributed by atoms with van der Waals surface area (Å²) in [5, 5.41) is 0. The molecular formula is C13H22ClNO3S. The van der Waals surface area contributed by atoms with Crippen LogP contribution in [0, 0.1) is 13.8 Å². The van der Waals surface area contributed by atoms with Gasteiger partial charge in [-0.05, 0) is 27.2 Å². The molecule has 1 aromatic rings. The molecule has 110 valence electrons. The molecule has 0 saturated carbocycles. The SMILES string of the molecule is CCCC(C)N(C)S(=O)(=O)c1c(C)oc(C)c1CCl. The van der Waals surface area contributed by atoms with Gasteiger partial charge < -0.3 is 4.42 Å². The maximum absolute atomic E-state index is 12.7. The summed E-state index contributed by atoms with van der Waals surface area (Å²) in [6.45, 7) is 7.34. The van der Waals surface area contributed by atoms with E-state index in [2.05, 4.69) is 0 Å². The Morgan fingerprint density at radius 1 is 1.32 bits per heavy atom. The third kappa shape index (κ3) is 3.15. The highest BCUT2D eigenvalue weighted by Crippen LogP contribution is 2.31. The van der Waals surface area contributed by atoms with E-state index in [1.165, 1.54) is 4.31 Å². The second kappa shape index (κ2) is 6.29. The van der Waals surface area contributed by atoms with Gasteiger partial charge >= 0.3 is 0 Å². The molecule has 0 aliphatic rings. The van der Waals surface area contributed by atoms with Crippen molar-refractivity contribution >= 4 is 21.6 Å². The summed E-state index contributed by atoms with van der Waals surface area (Å²) in [5.74, 6) is 1.11. The van der Waals surface area contributed by atoms with Crippen LogP contribution >= 0.6 is 11.6 Å². The lowest BCUT2D eigenvalue weighted by Crippen LogP contribution is -2.35. The summed E-state index contributed by atoms with van der Waals surface area (Å²) in [6, 6.07) is -0.0484. The Bertz CT molecular complexity index is 536. The van der Waals surface area contributed by atoms with Crippen LogP contribution in [0.25, 0.3) is 0 Å². The van der Waals surface area contributed by atoms with Crippen molar-refractivity contribution in [2.45, 2.75) is 57.4 Å². The monoisotopic (exact) mass is 307 g/mol. The highest BCUT2D eigenvalue weighted by atomic mass is 35.5. The van der Waals surface area contributed by atoms with Crippen molar-refractivity contribution in [1.82, 2.24) is 4.31 Å². The van der Waals surface area contributed by atoms with Gasteiger partial charge in [-0.3, -0.25) is 0 Å². The summed E-state index contributed by atoms with van der Waals surface area (Å²) < 4.78 is 32.2. The summed E-state index contributed by atoms with van der Waals surface area (Å²) >= 11 is 5.86. The Morgan fingerprint density at radius 3 is 2.37 bits per heavy atom. The molecule has 0 aromatic carbocycles. The third-order valence-corrected chi connectivity index (χ3v) is 5.86. The third-order valence-electron chi connectivity index (χ3n) is 3.42. The minimum absolute atomic E-state index is 0.0484. The molecule has 1 atom stereocenters. The van der Waals surface area contributed by atoms with Crippen molar-refractivity contribution in [1.29, 1.82) is 0 Å². The van der Waals surface area contributed by atoms with Gasteiger partial charge in [0.05, 0.1) is 5.88 Å². The maximum Gasteiger partial charge on any atom is 0.246 e. The molecule has 1 aromatic heterocycles. The molecule has 19 heavy (non-hydrogen) atoms. The molecule has 6 heteroatoms. The molecule has 0 aliphatic carbocycles. The minimum atomic E-state index is -3.56. The number of rotatable bonds is 6. The second-order valence-corrected chi connectivity index (χ2v) is 7.02. The number of alkyl halides is 1. The Hall–Kier alpha value is -0.520. The van der Waals surface area contributed by atoms with E-state index in [9.17, 15) is 8.42 Å². The van der Waals surface area contributed by atoms with E-state index in [0.29, 0.717) is 17.1 Å². The van der Waals surface area contributed by atoms with E-state index in [0.717, 1.165) is 12.8 Å². The first-order valence-corrected chi connectivity index (χ1v) is 8.37. The van der Waals surface area contributed by atoms with Gasteiger partial charge in [0.2, 0.25) is 10.0 Å². The fourth-order valence-corrected chi connectivity index (χ4v) is 4.38. The van der Waals surface area contributed by atoms with Crippen LogP contribution in [0.5, 0.6) is 0 Å². The van der Waals surface area contributed by atoms with Crippen LogP contribution < -0.4 is 0 Å². The molecule has 0 radical (unpaired) electrons. The van der Waals surface area contributed by atoms with Gasteiger partial charge in [0, 0.05) is 18.7 Å². The largest absolute Gasteiger partial charge is 0.465 e. The predicted molar refractivity (Wildman–Crippen MR) is 77.1 cm³/mol. The van der Waals surface area contributed by atoms with E-state index in [-0.39, 0.29) is 16.8 Å². The van der Waals surface area contributed by atoms with E-state index in [1.807, 2.05) is 13.8 Å². The Labute approximate surface area is 120 Å². The van der Waals surface area contributed by atoms with Gasteiger partial charge in [-0.15, -0.1) is 11.6 Å². The average molecular weight is 308 g/mol. The normalized spacial score (nSPS) is 14.1. The first kappa shape index (κ1) is 16.5. The van der Waals surface area contributed by atoms with Crippen LogP contribution in [0.1, 0.15) is 43.8 Å². The highest BCUT2D eigenvalue weighted by molar-refractivity contribution is 7.89. The standard InChI is InChI=1S/C13H22ClNO3S/c1-6-7-9(2)15(5)19(16,17)13-11(4)18-10(3)12(13)8-14/h9H,6-8H2,1-5H3. The Balaban J connectivity index is 3.28. The Kier molecular flexibility index (Phi) is 5.47. The smallest absolute Gasteiger partial charge is 0.246 e. The number of nitrogens with zero attached hydrogens (tertiary/aromatic N) is 1. The lowest BCUT2D eigenvalue weighted by molar-refractivity contribution is 0.367. The zero-order valence-electron chi connectivity index (χ0n) is 12.2. The minimum Gasteiger partial charge on any atom is -0.465 e. The number of aryl methyl sites for hydroxylation is 2. The fourth-order valence-electron chi connectivity index (χ4n) is 2.18.